The first-order chi connectivity index (χ1) is 9.19. The number of nitrogens with two attached hydrogens (primary N) is 1. The first-order valence-corrected chi connectivity index (χ1v) is 6.58. The van der Waals surface area contributed by atoms with Gasteiger partial charge in [-0.3, -0.25) is 0 Å². The van der Waals surface area contributed by atoms with Crippen molar-refractivity contribution in [2.45, 2.75) is 19.8 Å². The second-order valence-corrected chi connectivity index (χ2v) is 4.64. The van der Waals surface area contributed by atoms with Gasteiger partial charge in [-0.2, -0.15) is 0 Å². The highest BCUT2D eigenvalue weighted by atomic mass is 32.1. The summed E-state index contributed by atoms with van der Waals surface area (Å²) in [6, 6.07) is 9.92. The summed E-state index contributed by atoms with van der Waals surface area (Å²) in [5.74, 6) is 0.494. The van der Waals surface area contributed by atoms with Gasteiger partial charge in [-0.25, -0.2) is 9.97 Å². The Morgan fingerprint density at radius 2 is 2.00 bits per heavy atom. The van der Waals surface area contributed by atoms with Gasteiger partial charge >= 0.3 is 0 Å². The van der Waals surface area contributed by atoms with Crippen LogP contribution < -0.4 is 11.1 Å². The molecule has 0 unspecified atom stereocenters. The number of benzene rings is 1. The van der Waals surface area contributed by atoms with E-state index >= 15 is 0 Å². The van der Waals surface area contributed by atoms with Gasteiger partial charge in [-0.05, 0) is 30.2 Å². The quantitative estimate of drug-likeness (QED) is 0.819. The van der Waals surface area contributed by atoms with E-state index in [1.54, 1.807) is 12.3 Å². The molecule has 0 aliphatic heterocycles. The Morgan fingerprint density at radius 3 is 2.63 bits per heavy atom. The zero-order valence-corrected chi connectivity index (χ0v) is 11.6. The number of hydrogen-bond donors (Lipinski definition) is 2. The Kier molecular flexibility index (Phi) is 4.41. The number of nitrogens with one attached hydrogen (secondary N) is 1. The summed E-state index contributed by atoms with van der Waals surface area (Å²) in [5, 5.41) is 3.13. The summed E-state index contributed by atoms with van der Waals surface area (Å²) in [4.78, 5) is 8.64. The fraction of sp³-hybridized carbons (Fsp3) is 0.214. The smallest absolute Gasteiger partial charge is 0.227 e. The summed E-state index contributed by atoms with van der Waals surface area (Å²) in [6.07, 6.45) is 3.87. The van der Waals surface area contributed by atoms with Crippen LogP contribution in [-0.2, 0) is 6.42 Å². The van der Waals surface area contributed by atoms with Crippen molar-refractivity contribution in [2.24, 2.45) is 5.73 Å². The van der Waals surface area contributed by atoms with Gasteiger partial charge in [0.05, 0.1) is 0 Å². The topological polar surface area (TPSA) is 63.8 Å². The van der Waals surface area contributed by atoms with E-state index in [2.05, 4.69) is 34.3 Å². The number of thiocarbonyl (C=S) groups is 1. The highest BCUT2D eigenvalue weighted by molar-refractivity contribution is 7.80. The molecule has 3 N–H and O–H groups in total. The molecule has 2 rings (SSSR count). The van der Waals surface area contributed by atoms with Gasteiger partial charge in [0.2, 0.25) is 5.95 Å². The van der Waals surface area contributed by atoms with Crippen molar-refractivity contribution in [2.75, 3.05) is 5.32 Å². The molecule has 1 heterocycles. The zero-order valence-electron chi connectivity index (χ0n) is 10.8. The molecule has 1 aromatic heterocycles. The molecule has 0 bridgehead atoms. The fourth-order valence-electron chi connectivity index (χ4n) is 1.73. The molecule has 5 heteroatoms. The number of aryl methyl sites for hydroxylation is 1. The minimum atomic E-state index is 0.267. The molecule has 0 aliphatic rings. The van der Waals surface area contributed by atoms with Crippen molar-refractivity contribution in [3.05, 3.63) is 47.8 Å². The summed E-state index contributed by atoms with van der Waals surface area (Å²) >= 11 is 4.89. The average Bonchev–Trinajstić information content (AvgIpc) is 2.42. The van der Waals surface area contributed by atoms with Crippen molar-refractivity contribution in [3.63, 3.8) is 0 Å². The van der Waals surface area contributed by atoms with Crippen molar-refractivity contribution in [3.8, 4) is 0 Å². The lowest BCUT2D eigenvalue weighted by Crippen LogP contribution is -2.12. The van der Waals surface area contributed by atoms with Crippen LogP contribution in [0, 0.1) is 0 Å². The van der Waals surface area contributed by atoms with Crippen LogP contribution in [0.5, 0.6) is 0 Å². The van der Waals surface area contributed by atoms with Crippen LogP contribution in [0.3, 0.4) is 0 Å². The van der Waals surface area contributed by atoms with Crippen molar-refractivity contribution < 1.29 is 0 Å². The number of anilines is 2. The lowest BCUT2D eigenvalue weighted by molar-refractivity contribution is 0.922. The monoisotopic (exact) mass is 272 g/mol. The highest BCUT2D eigenvalue weighted by Crippen LogP contribution is 2.14. The number of nitrogens with zero attached hydrogens (tertiary/aromatic N) is 2. The summed E-state index contributed by atoms with van der Waals surface area (Å²) in [5.41, 5.74) is 8.38. The third kappa shape index (κ3) is 3.72. The first kappa shape index (κ1) is 13.4. The van der Waals surface area contributed by atoms with E-state index < -0.39 is 0 Å². The van der Waals surface area contributed by atoms with Crippen LogP contribution in [0.2, 0.25) is 0 Å². The van der Waals surface area contributed by atoms with Gasteiger partial charge in [-0.15, -0.1) is 0 Å². The van der Waals surface area contributed by atoms with Crippen LogP contribution >= 0.6 is 12.2 Å². The highest BCUT2D eigenvalue weighted by Gasteiger charge is 2.02. The zero-order chi connectivity index (χ0) is 13.7. The predicted octanol–water partition coefficient (Wildman–Crippen LogP) is 2.81. The van der Waals surface area contributed by atoms with Gasteiger partial charge in [0.1, 0.15) is 10.7 Å². The molecule has 0 aliphatic carbocycles. The summed E-state index contributed by atoms with van der Waals surface area (Å²) < 4.78 is 0. The van der Waals surface area contributed by atoms with Crippen molar-refractivity contribution in [1.29, 1.82) is 0 Å². The predicted molar refractivity (Wildman–Crippen MR) is 81.6 cm³/mol. The maximum Gasteiger partial charge on any atom is 0.227 e. The fourth-order valence-corrected chi connectivity index (χ4v) is 1.84. The van der Waals surface area contributed by atoms with Gasteiger partial charge < -0.3 is 11.1 Å². The standard InChI is InChI=1S/C14H16N4S/c1-2-3-10-4-6-11(7-5-10)17-14-16-9-8-12(18-14)13(15)19/h4-9H,2-3H2,1H3,(H2,15,19)(H,16,17,18). The maximum absolute atomic E-state index is 5.54. The van der Waals surface area contributed by atoms with Crippen LogP contribution in [0.1, 0.15) is 24.6 Å². The molecule has 0 radical (unpaired) electrons. The Morgan fingerprint density at radius 1 is 1.26 bits per heavy atom. The second kappa shape index (κ2) is 6.24. The molecular weight excluding hydrogens is 256 g/mol. The van der Waals surface area contributed by atoms with E-state index in [0.29, 0.717) is 11.6 Å². The van der Waals surface area contributed by atoms with Crippen molar-refractivity contribution >= 4 is 28.8 Å². The Hall–Kier alpha value is -2.01. The van der Waals surface area contributed by atoms with E-state index in [1.165, 1.54) is 5.56 Å². The van der Waals surface area contributed by atoms with E-state index in [9.17, 15) is 0 Å². The molecule has 0 fully saturated rings. The molecule has 2 aromatic rings. The number of aromatic nitrogens is 2. The Labute approximate surface area is 118 Å². The summed E-state index contributed by atoms with van der Waals surface area (Å²) in [6.45, 7) is 2.17. The molecule has 19 heavy (non-hydrogen) atoms. The lowest BCUT2D eigenvalue weighted by atomic mass is 10.1. The third-order valence-electron chi connectivity index (χ3n) is 2.66. The van der Waals surface area contributed by atoms with E-state index in [-0.39, 0.29) is 4.99 Å². The summed E-state index contributed by atoms with van der Waals surface area (Å²) in [7, 11) is 0. The van der Waals surface area contributed by atoms with Gasteiger partial charge in [0, 0.05) is 11.9 Å². The van der Waals surface area contributed by atoms with E-state index in [0.717, 1.165) is 18.5 Å². The SMILES string of the molecule is CCCc1ccc(Nc2nccc(C(N)=S)n2)cc1. The van der Waals surface area contributed by atoms with Crippen LogP contribution in [-0.4, -0.2) is 15.0 Å². The van der Waals surface area contributed by atoms with Gasteiger partial charge in [0.25, 0.3) is 0 Å². The first-order valence-electron chi connectivity index (χ1n) is 6.18. The third-order valence-corrected chi connectivity index (χ3v) is 2.87. The van der Waals surface area contributed by atoms with Crippen LogP contribution in [0.4, 0.5) is 11.6 Å². The minimum absolute atomic E-state index is 0.267. The normalized spacial score (nSPS) is 10.2. The van der Waals surface area contributed by atoms with Gasteiger partial charge in [0.15, 0.2) is 0 Å². The number of hydrogen-bond acceptors (Lipinski definition) is 4. The Balaban J connectivity index is 2.12. The van der Waals surface area contributed by atoms with Crippen LogP contribution in [0.15, 0.2) is 36.5 Å². The van der Waals surface area contributed by atoms with E-state index in [4.69, 9.17) is 18.0 Å². The van der Waals surface area contributed by atoms with Crippen LogP contribution in [0.25, 0.3) is 0 Å². The van der Waals surface area contributed by atoms with Gasteiger partial charge in [-0.1, -0.05) is 37.7 Å². The Bertz CT molecular complexity index is 566. The largest absolute Gasteiger partial charge is 0.388 e. The molecular formula is C14H16N4S. The molecule has 0 saturated heterocycles. The van der Waals surface area contributed by atoms with E-state index in [1.807, 2.05) is 12.1 Å². The average molecular weight is 272 g/mol. The minimum Gasteiger partial charge on any atom is -0.388 e. The molecule has 0 atom stereocenters. The molecule has 0 amide bonds. The molecule has 4 nitrogen and oxygen atoms in total. The number of rotatable bonds is 5. The second-order valence-electron chi connectivity index (χ2n) is 4.20. The molecule has 0 spiro atoms. The van der Waals surface area contributed by atoms with Crippen molar-refractivity contribution in [1.82, 2.24) is 9.97 Å². The molecule has 0 saturated carbocycles. The lowest BCUT2D eigenvalue weighted by Gasteiger charge is -2.06. The molecule has 98 valence electrons. The molecule has 1 aromatic carbocycles. The maximum atomic E-state index is 5.54.